The van der Waals surface area contributed by atoms with Crippen LogP contribution in [0.25, 0.3) is 0 Å². The van der Waals surface area contributed by atoms with Gasteiger partial charge in [0.25, 0.3) is 0 Å². The number of carbonyl (C=O) groups is 2. The van der Waals surface area contributed by atoms with Crippen molar-refractivity contribution in [3.05, 3.63) is 36.5 Å². The molecular weight excluding hydrogens is 925 g/mol. The van der Waals surface area contributed by atoms with Crippen molar-refractivity contribution in [2.45, 2.75) is 287 Å². The molecule has 0 saturated carbocycles. The second-order valence-electron chi connectivity index (χ2n) is 20.1. The van der Waals surface area contributed by atoms with Gasteiger partial charge in [-0.05, 0) is 57.8 Å². The van der Waals surface area contributed by atoms with E-state index in [2.05, 4.69) is 38.2 Å². The fraction of sp³-hybridized carbons (Fsp3) is 0.860. The minimum Gasteiger partial charge on any atom is -0.462 e. The lowest BCUT2D eigenvalue weighted by atomic mass is 9.98. The van der Waals surface area contributed by atoms with Crippen LogP contribution >= 0.6 is 0 Å². The number of allylic oxidation sites excluding steroid dienone is 6. The lowest BCUT2D eigenvalue weighted by Crippen LogP contribution is -2.61. The Balaban J connectivity index is 1.74. The molecule has 72 heavy (non-hydrogen) atoms. The third kappa shape index (κ3) is 30.9. The Morgan fingerprint density at radius 1 is 0.444 bits per heavy atom. The van der Waals surface area contributed by atoms with Crippen molar-refractivity contribution in [1.29, 1.82) is 0 Å². The van der Waals surface area contributed by atoms with Gasteiger partial charge in [-0.25, -0.2) is 0 Å². The molecule has 0 aromatic rings. The Morgan fingerprint density at radius 3 is 1.36 bits per heavy atom. The Labute approximate surface area is 434 Å². The van der Waals surface area contributed by atoms with Crippen molar-refractivity contribution in [1.82, 2.24) is 0 Å². The van der Waals surface area contributed by atoms with Gasteiger partial charge >= 0.3 is 11.9 Å². The third-order valence-electron chi connectivity index (χ3n) is 13.6. The molecule has 0 aromatic carbocycles. The maximum absolute atomic E-state index is 13.0. The summed E-state index contributed by atoms with van der Waals surface area (Å²) < 4.78 is 33.5. The van der Waals surface area contributed by atoms with E-state index in [-0.39, 0.29) is 19.4 Å². The van der Waals surface area contributed by atoms with Crippen LogP contribution in [0.5, 0.6) is 0 Å². The lowest BCUT2D eigenvalue weighted by molar-refractivity contribution is -0.332. The zero-order valence-electron chi connectivity index (χ0n) is 44.7. The smallest absolute Gasteiger partial charge is 0.306 e. The monoisotopic (exact) mass is 1030 g/mol. The molecule has 15 heteroatoms. The molecule has 0 aliphatic carbocycles. The van der Waals surface area contributed by atoms with E-state index in [1.807, 2.05) is 12.2 Å². The van der Waals surface area contributed by atoms with Crippen LogP contribution in [-0.4, -0.2) is 142 Å². The number of rotatable bonds is 45. The van der Waals surface area contributed by atoms with Crippen molar-refractivity contribution in [3.63, 3.8) is 0 Å². The highest BCUT2D eigenvalue weighted by Gasteiger charge is 2.47. The van der Waals surface area contributed by atoms with Crippen LogP contribution in [0.1, 0.15) is 219 Å². The first-order valence-electron chi connectivity index (χ1n) is 28.6. The van der Waals surface area contributed by atoms with E-state index in [9.17, 15) is 45.3 Å². The summed E-state index contributed by atoms with van der Waals surface area (Å²) in [5.74, 6) is -1.00. The van der Waals surface area contributed by atoms with Gasteiger partial charge in [0, 0.05) is 12.8 Å². The quantitative estimate of drug-likeness (QED) is 0.0171. The molecule has 0 amide bonds. The van der Waals surface area contributed by atoms with Crippen molar-refractivity contribution >= 4 is 11.9 Å². The van der Waals surface area contributed by atoms with Crippen LogP contribution in [-0.2, 0) is 38.0 Å². The van der Waals surface area contributed by atoms with Gasteiger partial charge in [0.05, 0.1) is 19.8 Å². The van der Waals surface area contributed by atoms with Crippen molar-refractivity contribution in [3.8, 4) is 0 Å². The minimum absolute atomic E-state index is 0.0590. The first-order chi connectivity index (χ1) is 35.0. The molecule has 2 saturated heterocycles. The molecule has 0 spiro atoms. The number of hydrogen-bond acceptors (Lipinski definition) is 15. The zero-order chi connectivity index (χ0) is 52.4. The van der Waals surface area contributed by atoms with Crippen LogP contribution in [0.4, 0.5) is 0 Å². The average molecular weight is 1030 g/mol. The fourth-order valence-electron chi connectivity index (χ4n) is 8.91. The van der Waals surface area contributed by atoms with E-state index in [0.717, 1.165) is 44.9 Å². The van der Waals surface area contributed by atoms with Gasteiger partial charge in [-0.3, -0.25) is 9.59 Å². The topological polar surface area (TPSA) is 231 Å². The van der Waals surface area contributed by atoms with Crippen LogP contribution in [0.15, 0.2) is 36.5 Å². The Bertz CT molecular complexity index is 1390. The first-order valence-corrected chi connectivity index (χ1v) is 28.6. The van der Waals surface area contributed by atoms with Gasteiger partial charge in [-0.1, -0.05) is 185 Å². The van der Waals surface area contributed by atoms with Crippen LogP contribution in [0, 0.1) is 0 Å². The van der Waals surface area contributed by atoms with E-state index < -0.39 is 99.3 Å². The molecule has 2 heterocycles. The largest absolute Gasteiger partial charge is 0.462 e. The molecule has 0 radical (unpaired) electrons. The molecule has 7 N–H and O–H groups in total. The van der Waals surface area contributed by atoms with Gasteiger partial charge in [0.2, 0.25) is 0 Å². The molecule has 420 valence electrons. The first kappa shape index (κ1) is 65.8. The maximum atomic E-state index is 13.0. The second kappa shape index (κ2) is 43.9. The summed E-state index contributed by atoms with van der Waals surface area (Å²) in [7, 11) is 0. The molecule has 0 bridgehead atoms. The normalized spacial score (nSPS) is 25.2. The van der Waals surface area contributed by atoms with E-state index in [1.54, 1.807) is 0 Å². The van der Waals surface area contributed by atoms with Gasteiger partial charge in [-0.2, -0.15) is 0 Å². The Kier molecular flexibility index (Phi) is 40.1. The van der Waals surface area contributed by atoms with Crippen LogP contribution < -0.4 is 0 Å². The molecule has 2 aliphatic heterocycles. The van der Waals surface area contributed by atoms with Crippen LogP contribution in [0.3, 0.4) is 0 Å². The molecule has 11 atom stereocenters. The van der Waals surface area contributed by atoms with Crippen molar-refractivity contribution < 1.29 is 73.8 Å². The van der Waals surface area contributed by atoms with Gasteiger partial charge in [0.1, 0.15) is 55.4 Å². The number of hydrogen-bond donors (Lipinski definition) is 7. The predicted molar refractivity (Wildman–Crippen MR) is 280 cm³/mol. The number of aliphatic hydroxyl groups is 7. The molecule has 2 aliphatic rings. The molecular formula is C57H102O15. The minimum atomic E-state index is -1.77. The molecule has 15 nitrogen and oxygen atoms in total. The molecule has 2 fully saturated rings. The van der Waals surface area contributed by atoms with E-state index >= 15 is 0 Å². The van der Waals surface area contributed by atoms with E-state index in [4.69, 9.17) is 28.4 Å². The highest BCUT2D eigenvalue weighted by molar-refractivity contribution is 5.70. The standard InChI is InChI=1S/C57H102O15/c1-3-5-7-9-11-13-15-17-18-19-20-21-22-23-24-25-26-28-29-31-33-35-37-39-48(59)67-42-45(70-49(60)40-38-36-34-32-30-27-16-14-12-10-8-6-4-2)43-68-56-55(66)53(64)51(62)47(72-56)44-69-57-54(65)52(63)50(61)46(41-58)71-57/h23-24,27,30,34,36,45-47,50-58,61-66H,3-22,25-26,28-29,31-33,35,37-44H2,1-2H3/b24-23+,30-27+,36-34+/t45?,46-,47-,50+,51+,52?,53?,54?,55?,56-,57-/m1/s1. The average Bonchev–Trinajstić information content (AvgIpc) is 3.37. The summed E-state index contributed by atoms with van der Waals surface area (Å²) in [6, 6.07) is 0. The Morgan fingerprint density at radius 2 is 0.861 bits per heavy atom. The van der Waals surface area contributed by atoms with Crippen molar-refractivity contribution in [2.75, 3.05) is 26.4 Å². The second-order valence-corrected chi connectivity index (χ2v) is 20.1. The Hall–Kier alpha value is -2.28. The number of carbonyl (C=O) groups excluding carboxylic acids is 2. The van der Waals surface area contributed by atoms with Crippen LogP contribution in [0.2, 0.25) is 0 Å². The fourth-order valence-corrected chi connectivity index (χ4v) is 8.91. The molecule has 2 rings (SSSR count). The predicted octanol–water partition coefficient (Wildman–Crippen LogP) is 9.27. The summed E-state index contributed by atoms with van der Waals surface area (Å²) in [5.41, 5.74) is 0. The summed E-state index contributed by atoms with van der Waals surface area (Å²) in [6.07, 6.45) is 32.0. The number of esters is 2. The maximum Gasteiger partial charge on any atom is 0.306 e. The zero-order valence-corrected chi connectivity index (χ0v) is 44.7. The summed E-state index contributed by atoms with van der Waals surface area (Å²) in [4.78, 5) is 25.8. The van der Waals surface area contributed by atoms with E-state index in [1.165, 1.54) is 135 Å². The van der Waals surface area contributed by atoms with Gasteiger partial charge < -0.3 is 64.2 Å². The number of ether oxygens (including phenoxy) is 6. The third-order valence-corrected chi connectivity index (χ3v) is 13.6. The van der Waals surface area contributed by atoms with Gasteiger partial charge in [-0.15, -0.1) is 0 Å². The summed E-state index contributed by atoms with van der Waals surface area (Å²) in [5, 5.41) is 72.2. The number of aliphatic hydroxyl groups excluding tert-OH is 7. The summed E-state index contributed by atoms with van der Waals surface area (Å²) >= 11 is 0. The highest BCUT2D eigenvalue weighted by Crippen LogP contribution is 2.27. The highest BCUT2D eigenvalue weighted by atomic mass is 16.7. The SMILES string of the molecule is CCCCCCCC/C=C/C/C=C/CCC(=O)OC(COC(=O)CCCCCCCCC/C=C/CCCCCCCCCCCCCC)CO[C@@H]1O[C@H](CO[C@@H]2O[C@H](CO)[C@H](O)C(O)C2O)[C@H](O)C(O)C1O. The molecule has 0 aromatic heterocycles. The summed E-state index contributed by atoms with van der Waals surface area (Å²) in [6.45, 7) is 2.54. The number of unbranched alkanes of at least 4 members (excludes halogenated alkanes) is 25. The lowest BCUT2D eigenvalue weighted by Gasteiger charge is -2.42. The molecule has 5 unspecified atom stereocenters. The van der Waals surface area contributed by atoms with E-state index in [0.29, 0.717) is 12.8 Å². The van der Waals surface area contributed by atoms with Gasteiger partial charge in [0.15, 0.2) is 18.7 Å². The van der Waals surface area contributed by atoms with Crippen molar-refractivity contribution in [2.24, 2.45) is 0 Å².